The van der Waals surface area contributed by atoms with E-state index in [1.54, 1.807) is 32.2 Å². The molecule has 1 aromatic heterocycles. The van der Waals surface area contributed by atoms with E-state index < -0.39 is 15.8 Å². The van der Waals surface area contributed by atoms with Crippen LogP contribution in [-0.4, -0.2) is 23.7 Å². The number of pyridine rings is 1. The third-order valence-electron chi connectivity index (χ3n) is 3.04. The molecule has 0 unspecified atom stereocenters. The summed E-state index contributed by atoms with van der Waals surface area (Å²) >= 11 is 0. The van der Waals surface area contributed by atoms with Crippen molar-refractivity contribution in [1.82, 2.24) is 9.29 Å². The minimum Gasteiger partial charge on any atom is -0.260 e. The van der Waals surface area contributed by atoms with E-state index >= 15 is 0 Å². The van der Waals surface area contributed by atoms with Crippen molar-refractivity contribution in [1.29, 1.82) is 0 Å². The molecule has 0 radical (unpaired) electrons. The fourth-order valence-corrected chi connectivity index (χ4v) is 3.55. The molecular formula is C15H17FN2O2S. The highest BCUT2D eigenvalue weighted by atomic mass is 32.2. The van der Waals surface area contributed by atoms with Gasteiger partial charge in [-0.1, -0.05) is 6.07 Å². The lowest BCUT2D eigenvalue weighted by Crippen LogP contribution is -2.36. The minimum absolute atomic E-state index is 0.0773. The Kier molecular flexibility index (Phi) is 4.69. The van der Waals surface area contributed by atoms with E-state index in [1.165, 1.54) is 16.4 Å². The Morgan fingerprint density at radius 3 is 2.33 bits per heavy atom. The summed E-state index contributed by atoms with van der Waals surface area (Å²) in [5, 5.41) is 0. The normalized spacial score (nSPS) is 12.0. The van der Waals surface area contributed by atoms with E-state index in [0.29, 0.717) is 5.69 Å². The van der Waals surface area contributed by atoms with Gasteiger partial charge in [0.15, 0.2) is 0 Å². The Morgan fingerprint density at radius 1 is 1.14 bits per heavy atom. The first-order valence-corrected chi connectivity index (χ1v) is 8.02. The number of hydrogen-bond donors (Lipinski definition) is 0. The van der Waals surface area contributed by atoms with Crippen molar-refractivity contribution in [2.24, 2.45) is 0 Å². The van der Waals surface area contributed by atoms with Crippen LogP contribution in [0.25, 0.3) is 0 Å². The number of sulfonamides is 1. The zero-order valence-corrected chi connectivity index (χ0v) is 12.7. The highest BCUT2D eigenvalue weighted by Crippen LogP contribution is 2.20. The van der Waals surface area contributed by atoms with E-state index in [0.717, 1.165) is 12.1 Å². The summed E-state index contributed by atoms with van der Waals surface area (Å²) in [6, 6.07) is 9.97. The van der Waals surface area contributed by atoms with Crippen molar-refractivity contribution >= 4 is 10.0 Å². The number of halogens is 1. The Morgan fingerprint density at radius 2 is 1.81 bits per heavy atom. The zero-order chi connectivity index (χ0) is 15.5. The molecule has 0 saturated carbocycles. The van der Waals surface area contributed by atoms with Crippen LogP contribution in [0.15, 0.2) is 53.6 Å². The van der Waals surface area contributed by atoms with Crippen LogP contribution in [0.2, 0.25) is 0 Å². The first kappa shape index (κ1) is 15.6. The molecule has 0 saturated heterocycles. The van der Waals surface area contributed by atoms with Crippen molar-refractivity contribution in [3.63, 3.8) is 0 Å². The summed E-state index contributed by atoms with van der Waals surface area (Å²) in [7, 11) is -3.69. The van der Waals surface area contributed by atoms with Gasteiger partial charge in [0.05, 0.1) is 17.1 Å². The fourth-order valence-electron chi connectivity index (χ4n) is 1.94. The molecule has 2 aromatic rings. The van der Waals surface area contributed by atoms with Gasteiger partial charge in [0, 0.05) is 12.2 Å². The molecule has 0 aliphatic carbocycles. The molecule has 2 rings (SSSR count). The Labute approximate surface area is 124 Å². The number of benzene rings is 1. The highest BCUT2D eigenvalue weighted by molar-refractivity contribution is 7.89. The molecule has 0 amide bonds. The maximum atomic E-state index is 13.0. The molecule has 0 fully saturated rings. The van der Waals surface area contributed by atoms with Gasteiger partial charge in [-0.05, 0) is 50.2 Å². The molecule has 112 valence electrons. The Hall–Kier alpha value is -1.79. The van der Waals surface area contributed by atoms with Gasteiger partial charge in [0.2, 0.25) is 10.0 Å². The third-order valence-corrected chi connectivity index (χ3v) is 5.08. The van der Waals surface area contributed by atoms with Gasteiger partial charge < -0.3 is 0 Å². The molecule has 0 aliphatic rings. The second kappa shape index (κ2) is 6.32. The van der Waals surface area contributed by atoms with Crippen molar-refractivity contribution in [2.75, 3.05) is 0 Å². The lowest BCUT2D eigenvalue weighted by atomic mass is 10.3. The maximum Gasteiger partial charge on any atom is 0.243 e. The smallest absolute Gasteiger partial charge is 0.243 e. The summed E-state index contributed by atoms with van der Waals surface area (Å²) in [6.45, 7) is 3.77. The minimum atomic E-state index is -3.69. The second-order valence-corrected chi connectivity index (χ2v) is 6.81. The van der Waals surface area contributed by atoms with Crippen molar-refractivity contribution in [3.8, 4) is 0 Å². The number of nitrogens with zero attached hydrogens (tertiary/aromatic N) is 2. The highest BCUT2D eigenvalue weighted by Gasteiger charge is 2.27. The van der Waals surface area contributed by atoms with E-state index in [4.69, 9.17) is 0 Å². The van der Waals surface area contributed by atoms with Crippen LogP contribution in [-0.2, 0) is 16.6 Å². The fraction of sp³-hybridized carbons (Fsp3) is 0.267. The topological polar surface area (TPSA) is 50.3 Å². The van der Waals surface area contributed by atoms with Gasteiger partial charge in [-0.25, -0.2) is 12.8 Å². The summed E-state index contributed by atoms with van der Waals surface area (Å²) in [5.41, 5.74) is 0.664. The molecule has 1 heterocycles. The lowest BCUT2D eigenvalue weighted by molar-refractivity contribution is 0.344. The van der Waals surface area contributed by atoms with Gasteiger partial charge in [0.25, 0.3) is 0 Å². The second-order valence-electron chi connectivity index (χ2n) is 4.92. The molecule has 1 aromatic carbocycles. The molecular weight excluding hydrogens is 291 g/mol. The zero-order valence-electron chi connectivity index (χ0n) is 11.9. The third kappa shape index (κ3) is 3.65. The standard InChI is InChI=1S/C15H17FN2O2S/c1-12(2)18(11-14-5-3-4-10-17-14)21(19,20)15-8-6-13(16)7-9-15/h3-10,12H,11H2,1-2H3. The number of hydrogen-bond acceptors (Lipinski definition) is 3. The van der Waals surface area contributed by atoms with Gasteiger partial charge in [0.1, 0.15) is 5.82 Å². The van der Waals surface area contributed by atoms with E-state index in [2.05, 4.69) is 4.98 Å². The predicted molar refractivity (Wildman–Crippen MR) is 78.5 cm³/mol. The van der Waals surface area contributed by atoms with E-state index in [9.17, 15) is 12.8 Å². The monoisotopic (exact) mass is 308 g/mol. The molecule has 0 spiro atoms. The van der Waals surface area contributed by atoms with Crippen LogP contribution in [0, 0.1) is 5.82 Å². The summed E-state index contributed by atoms with van der Waals surface area (Å²) in [5.74, 6) is -0.463. The quantitative estimate of drug-likeness (QED) is 0.853. The van der Waals surface area contributed by atoms with Crippen LogP contribution in [0.5, 0.6) is 0 Å². The van der Waals surface area contributed by atoms with Crippen molar-refractivity contribution < 1.29 is 12.8 Å². The summed E-state index contributed by atoms with van der Waals surface area (Å²) in [6.07, 6.45) is 1.62. The Bertz CT molecular complexity index is 685. The maximum absolute atomic E-state index is 13.0. The van der Waals surface area contributed by atoms with Gasteiger partial charge in [-0.3, -0.25) is 4.98 Å². The van der Waals surface area contributed by atoms with Gasteiger partial charge in [-0.2, -0.15) is 4.31 Å². The molecule has 6 heteroatoms. The van der Waals surface area contributed by atoms with Crippen molar-refractivity contribution in [3.05, 3.63) is 60.2 Å². The lowest BCUT2D eigenvalue weighted by Gasteiger charge is -2.25. The average molecular weight is 308 g/mol. The van der Waals surface area contributed by atoms with Crippen LogP contribution >= 0.6 is 0 Å². The van der Waals surface area contributed by atoms with Crippen LogP contribution in [0.3, 0.4) is 0 Å². The first-order chi connectivity index (χ1) is 9.91. The van der Waals surface area contributed by atoms with E-state index in [1.807, 2.05) is 6.07 Å². The predicted octanol–water partition coefficient (Wildman–Crippen LogP) is 2.82. The number of aromatic nitrogens is 1. The molecule has 0 aliphatic heterocycles. The van der Waals surface area contributed by atoms with Crippen LogP contribution in [0.1, 0.15) is 19.5 Å². The largest absolute Gasteiger partial charge is 0.260 e. The SMILES string of the molecule is CC(C)N(Cc1ccccn1)S(=O)(=O)c1ccc(F)cc1. The molecule has 4 nitrogen and oxygen atoms in total. The summed E-state index contributed by atoms with van der Waals surface area (Å²) in [4.78, 5) is 4.23. The molecule has 0 atom stereocenters. The van der Waals surface area contributed by atoms with Crippen LogP contribution in [0.4, 0.5) is 4.39 Å². The van der Waals surface area contributed by atoms with Crippen LogP contribution < -0.4 is 0 Å². The number of rotatable bonds is 5. The summed E-state index contributed by atoms with van der Waals surface area (Å²) < 4.78 is 39.6. The van der Waals surface area contributed by atoms with Gasteiger partial charge in [-0.15, -0.1) is 0 Å². The first-order valence-electron chi connectivity index (χ1n) is 6.58. The van der Waals surface area contributed by atoms with Gasteiger partial charge >= 0.3 is 0 Å². The average Bonchev–Trinajstić information content (AvgIpc) is 2.46. The van der Waals surface area contributed by atoms with E-state index in [-0.39, 0.29) is 17.5 Å². The Balaban J connectivity index is 2.35. The molecule has 0 N–H and O–H groups in total. The van der Waals surface area contributed by atoms with Crippen molar-refractivity contribution in [2.45, 2.75) is 31.3 Å². The molecule has 21 heavy (non-hydrogen) atoms. The molecule has 0 bridgehead atoms.